The van der Waals surface area contributed by atoms with Crippen LogP contribution in [0.1, 0.15) is 0 Å². The Morgan fingerprint density at radius 3 is 2.58 bits per heavy atom. The second kappa shape index (κ2) is 5.01. The Morgan fingerprint density at radius 2 is 2.08 bits per heavy atom. The normalized spacial score (nSPS) is 10.4. The highest BCUT2D eigenvalue weighted by atomic mass is 35.6. The Kier molecular flexibility index (Phi) is 3.91. The summed E-state index contributed by atoms with van der Waals surface area (Å²) >= 11 is 5.90. The fraction of sp³-hybridized carbons (Fsp3) is 0.111. The van der Waals surface area contributed by atoms with Crippen LogP contribution in [0.15, 0.2) is 43.0 Å². The van der Waals surface area contributed by atoms with E-state index >= 15 is 0 Å². The van der Waals surface area contributed by atoms with Crippen molar-refractivity contribution in [1.82, 2.24) is 0 Å². The van der Waals surface area contributed by atoms with Gasteiger partial charge in [-0.2, -0.15) is 0 Å². The Hall–Kier alpha value is -0.733. The van der Waals surface area contributed by atoms with E-state index in [1.54, 1.807) is 0 Å². The van der Waals surface area contributed by atoms with E-state index in [0.29, 0.717) is 0 Å². The van der Waals surface area contributed by atoms with Gasteiger partial charge in [0.15, 0.2) is 0 Å². The fourth-order valence-corrected chi connectivity index (χ4v) is 2.35. The Labute approximate surface area is 80.3 Å². The van der Waals surface area contributed by atoms with Crippen molar-refractivity contribution in [1.29, 1.82) is 0 Å². The molecule has 0 saturated heterocycles. The number of hydrogen-bond donors (Lipinski definition) is 0. The molecule has 0 fully saturated rings. The van der Waals surface area contributed by atoms with Crippen molar-refractivity contribution >= 4 is 25.8 Å². The van der Waals surface area contributed by atoms with Crippen LogP contribution in [-0.2, 0) is 0 Å². The first-order valence-corrected chi connectivity index (χ1v) is 6.62. The lowest BCUT2D eigenvalue weighted by Gasteiger charge is -2.19. The zero-order valence-electron chi connectivity index (χ0n) is 6.91. The molecule has 64 valence electrons. The standard InChI is InChI=1S/C9H12ClNSi/c1-2-8-11(12-10)9-6-4-3-5-7-9/h2-7H,1,8,12H2. The van der Waals surface area contributed by atoms with Gasteiger partial charge in [-0.15, -0.1) is 17.7 Å². The van der Waals surface area contributed by atoms with Gasteiger partial charge in [0, 0.05) is 12.2 Å². The highest BCUT2D eigenvalue weighted by molar-refractivity contribution is 6.95. The van der Waals surface area contributed by atoms with Gasteiger partial charge in [-0.1, -0.05) is 24.3 Å². The molecule has 0 bridgehead atoms. The minimum absolute atomic E-state index is 0.647. The summed E-state index contributed by atoms with van der Waals surface area (Å²) in [7, 11) is -0.647. The molecule has 3 heteroatoms. The lowest BCUT2D eigenvalue weighted by Crippen LogP contribution is -2.23. The molecule has 0 aliphatic rings. The van der Waals surface area contributed by atoms with Gasteiger partial charge in [0.1, 0.15) is 0 Å². The Morgan fingerprint density at radius 1 is 1.42 bits per heavy atom. The number of rotatable bonds is 4. The fourth-order valence-electron chi connectivity index (χ4n) is 1.02. The quantitative estimate of drug-likeness (QED) is 0.405. The molecule has 0 spiro atoms. The van der Waals surface area contributed by atoms with E-state index in [0.717, 1.165) is 6.54 Å². The van der Waals surface area contributed by atoms with Crippen molar-refractivity contribution in [2.75, 3.05) is 11.1 Å². The zero-order valence-corrected chi connectivity index (χ0v) is 9.08. The van der Waals surface area contributed by atoms with Gasteiger partial charge in [-0.25, -0.2) is 0 Å². The molecule has 0 aliphatic carbocycles. The van der Waals surface area contributed by atoms with Crippen LogP contribution in [0.3, 0.4) is 0 Å². The van der Waals surface area contributed by atoms with Crippen molar-refractivity contribution in [2.45, 2.75) is 0 Å². The van der Waals surface area contributed by atoms with Crippen LogP contribution >= 0.6 is 11.1 Å². The minimum atomic E-state index is -0.647. The molecule has 1 nitrogen and oxygen atoms in total. The smallest absolute Gasteiger partial charge is 0.224 e. The Balaban J connectivity index is 2.72. The van der Waals surface area contributed by atoms with Gasteiger partial charge in [-0.3, -0.25) is 0 Å². The van der Waals surface area contributed by atoms with E-state index in [2.05, 4.69) is 23.3 Å². The van der Waals surface area contributed by atoms with E-state index in [1.807, 2.05) is 24.3 Å². The molecule has 12 heavy (non-hydrogen) atoms. The van der Waals surface area contributed by atoms with Gasteiger partial charge in [-0.05, 0) is 12.1 Å². The van der Waals surface area contributed by atoms with Gasteiger partial charge in [0.2, 0.25) is 8.99 Å². The van der Waals surface area contributed by atoms with Crippen LogP contribution in [0.25, 0.3) is 0 Å². The third-order valence-electron chi connectivity index (χ3n) is 1.62. The summed E-state index contributed by atoms with van der Waals surface area (Å²) in [5.74, 6) is 0. The molecular formula is C9H12ClNSi. The maximum atomic E-state index is 5.90. The lowest BCUT2D eigenvalue weighted by atomic mass is 10.3. The lowest BCUT2D eigenvalue weighted by molar-refractivity contribution is 1.19. The molecule has 0 aromatic heterocycles. The van der Waals surface area contributed by atoms with Crippen LogP contribution < -0.4 is 4.57 Å². The number of hydrogen-bond acceptors (Lipinski definition) is 1. The first-order valence-electron chi connectivity index (χ1n) is 3.85. The molecule has 1 aromatic carbocycles. The van der Waals surface area contributed by atoms with Crippen LogP contribution in [0.4, 0.5) is 5.69 Å². The van der Waals surface area contributed by atoms with E-state index in [1.165, 1.54) is 5.69 Å². The molecule has 0 unspecified atom stereocenters. The molecule has 1 aromatic rings. The monoisotopic (exact) mass is 197 g/mol. The molecule has 0 N–H and O–H groups in total. The van der Waals surface area contributed by atoms with Gasteiger partial charge >= 0.3 is 0 Å². The number of para-hydroxylation sites is 1. The van der Waals surface area contributed by atoms with Crippen LogP contribution in [0.2, 0.25) is 0 Å². The molecular weight excluding hydrogens is 186 g/mol. The molecule has 0 aliphatic heterocycles. The summed E-state index contributed by atoms with van der Waals surface area (Å²) in [5.41, 5.74) is 1.19. The first-order chi connectivity index (χ1) is 5.88. The summed E-state index contributed by atoms with van der Waals surface area (Å²) in [6.45, 7) is 4.54. The summed E-state index contributed by atoms with van der Waals surface area (Å²) in [6, 6.07) is 10.2. The van der Waals surface area contributed by atoms with Crippen LogP contribution in [-0.4, -0.2) is 15.5 Å². The van der Waals surface area contributed by atoms with Gasteiger partial charge < -0.3 is 4.57 Å². The zero-order chi connectivity index (χ0) is 8.81. The molecule has 0 heterocycles. The van der Waals surface area contributed by atoms with Crippen LogP contribution in [0.5, 0.6) is 0 Å². The molecule has 0 amide bonds. The number of nitrogens with zero attached hydrogens (tertiary/aromatic N) is 1. The molecule has 1 rings (SSSR count). The highest BCUT2D eigenvalue weighted by Crippen LogP contribution is 2.11. The van der Waals surface area contributed by atoms with Crippen molar-refractivity contribution in [2.24, 2.45) is 0 Å². The number of benzene rings is 1. The average Bonchev–Trinajstić information content (AvgIpc) is 2.15. The summed E-state index contributed by atoms with van der Waals surface area (Å²) in [5, 5.41) is 0. The molecule has 0 saturated carbocycles. The SMILES string of the molecule is C=CCN([SiH2]Cl)c1ccccc1. The van der Waals surface area contributed by atoms with E-state index in [9.17, 15) is 0 Å². The Bertz CT molecular complexity index is 238. The second-order valence-corrected chi connectivity index (χ2v) is 4.19. The van der Waals surface area contributed by atoms with Crippen molar-refractivity contribution in [3.05, 3.63) is 43.0 Å². The highest BCUT2D eigenvalue weighted by Gasteiger charge is 2.00. The van der Waals surface area contributed by atoms with Crippen molar-refractivity contribution < 1.29 is 0 Å². The van der Waals surface area contributed by atoms with E-state index in [-0.39, 0.29) is 0 Å². The average molecular weight is 198 g/mol. The number of halogens is 1. The topological polar surface area (TPSA) is 3.24 Å². The van der Waals surface area contributed by atoms with Crippen molar-refractivity contribution in [3.8, 4) is 0 Å². The minimum Gasteiger partial charge on any atom is -0.386 e. The summed E-state index contributed by atoms with van der Waals surface area (Å²) in [4.78, 5) is 0. The van der Waals surface area contributed by atoms with E-state index in [4.69, 9.17) is 11.1 Å². The summed E-state index contributed by atoms with van der Waals surface area (Å²) in [6.07, 6.45) is 1.88. The number of anilines is 1. The largest absolute Gasteiger partial charge is 0.386 e. The van der Waals surface area contributed by atoms with E-state index < -0.39 is 8.99 Å². The maximum absolute atomic E-state index is 5.90. The first kappa shape index (κ1) is 9.36. The van der Waals surface area contributed by atoms with Crippen molar-refractivity contribution in [3.63, 3.8) is 0 Å². The van der Waals surface area contributed by atoms with Gasteiger partial charge in [0.05, 0.1) is 0 Å². The van der Waals surface area contributed by atoms with Gasteiger partial charge in [0.25, 0.3) is 0 Å². The maximum Gasteiger partial charge on any atom is 0.224 e. The third kappa shape index (κ3) is 2.39. The molecule has 0 atom stereocenters. The van der Waals surface area contributed by atoms with Crippen LogP contribution in [0, 0.1) is 0 Å². The second-order valence-electron chi connectivity index (χ2n) is 2.47. The molecule has 0 radical (unpaired) electrons. The predicted octanol–water partition coefficient (Wildman–Crippen LogP) is 1.92. The predicted molar refractivity (Wildman–Crippen MR) is 58.4 cm³/mol. The summed E-state index contributed by atoms with van der Waals surface area (Å²) < 4.78 is 2.18. The third-order valence-corrected chi connectivity index (χ3v) is 3.39.